The molecule has 1 atom stereocenters. The molecule has 12 heteroatoms. The van der Waals surface area contributed by atoms with Crippen molar-refractivity contribution in [1.29, 1.82) is 0 Å². The number of nitrogens with one attached hydrogen (secondary N) is 1. The molecule has 4 rings (SSSR count). The normalized spacial score (nSPS) is 12.5. The Kier molecular flexibility index (Phi) is 7.59. The number of rotatable bonds is 7. The Balaban J connectivity index is 1.79. The topological polar surface area (TPSA) is 110 Å². The monoisotopic (exact) mass is 565 g/mol. The molecule has 8 nitrogen and oxygen atoms in total. The van der Waals surface area contributed by atoms with Crippen molar-refractivity contribution < 1.29 is 13.0 Å². The second-order valence-electron chi connectivity index (χ2n) is 8.26. The van der Waals surface area contributed by atoms with E-state index >= 15 is 0 Å². The van der Waals surface area contributed by atoms with Gasteiger partial charge in [-0.2, -0.15) is 13.5 Å². The van der Waals surface area contributed by atoms with E-state index in [1.165, 1.54) is 12.1 Å². The van der Waals surface area contributed by atoms with E-state index in [0.717, 1.165) is 11.1 Å². The Bertz CT molecular complexity index is 1560. The van der Waals surface area contributed by atoms with E-state index in [4.69, 9.17) is 34.8 Å². The first-order valence-corrected chi connectivity index (χ1v) is 13.3. The van der Waals surface area contributed by atoms with Crippen molar-refractivity contribution in [3.05, 3.63) is 92.1 Å². The molecule has 2 heterocycles. The maximum Gasteiger partial charge on any atom is 0.294 e. The zero-order chi connectivity index (χ0) is 26.2. The number of benzene rings is 2. The predicted molar refractivity (Wildman–Crippen MR) is 141 cm³/mol. The maximum atomic E-state index is 11.9. The molecule has 2 aromatic carbocycles. The minimum atomic E-state index is -4.40. The molecule has 1 unspecified atom stereocenters. The SMILES string of the molecule is Cc1nc(C)c(Cl)c(NCC(c2cnn(-c3ccc(Cl)cc3Cl)c2)c2cc(S(=O)(=O)O)ccc2C)n1. The third-order valence-electron chi connectivity index (χ3n) is 5.69. The van der Waals surface area contributed by atoms with Crippen molar-refractivity contribution in [2.45, 2.75) is 31.6 Å². The quantitative estimate of drug-likeness (QED) is 0.262. The molecule has 0 fully saturated rings. The summed E-state index contributed by atoms with van der Waals surface area (Å²) in [6, 6.07) is 9.57. The third kappa shape index (κ3) is 5.66. The van der Waals surface area contributed by atoms with Gasteiger partial charge < -0.3 is 5.32 Å². The van der Waals surface area contributed by atoms with Crippen LogP contribution < -0.4 is 5.32 Å². The van der Waals surface area contributed by atoms with Crippen LogP contribution in [0.5, 0.6) is 0 Å². The van der Waals surface area contributed by atoms with Gasteiger partial charge in [0.25, 0.3) is 10.1 Å². The van der Waals surface area contributed by atoms with E-state index in [-0.39, 0.29) is 4.90 Å². The molecular weight excluding hydrogens is 545 g/mol. The number of nitrogens with zero attached hydrogens (tertiary/aromatic N) is 4. The molecule has 0 amide bonds. The van der Waals surface area contributed by atoms with Crippen LogP contribution in [0, 0.1) is 20.8 Å². The first kappa shape index (κ1) is 26.4. The van der Waals surface area contributed by atoms with E-state index in [1.54, 1.807) is 55.2 Å². The highest BCUT2D eigenvalue weighted by Gasteiger charge is 2.23. The average Bonchev–Trinajstić information content (AvgIpc) is 3.27. The molecule has 188 valence electrons. The first-order valence-electron chi connectivity index (χ1n) is 10.8. The molecule has 2 N–H and O–H groups in total. The lowest BCUT2D eigenvalue weighted by Gasteiger charge is -2.21. The number of halogens is 3. The lowest BCUT2D eigenvalue weighted by atomic mass is 9.90. The van der Waals surface area contributed by atoms with Gasteiger partial charge in [-0.1, -0.05) is 40.9 Å². The van der Waals surface area contributed by atoms with Gasteiger partial charge in [-0.25, -0.2) is 14.6 Å². The second kappa shape index (κ2) is 10.4. The van der Waals surface area contributed by atoms with Gasteiger partial charge in [-0.05, 0) is 67.8 Å². The fraction of sp³-hybridized carbons (Fsp3) is 0.208. The smallest absolute Gasteiger partial charge is 0.294 e. The molecule has 0 aliphatic carbocycles. The number of aromatic nitrogens is 4. The Morgan fingerprint density at radius 1 is 1.06 bits per heavy atom. The van der Waals surface area contributed by atoms with E-state index in [0.29, 0.717) is 50.2 Å². The van der Waals surface area contributed by atoms with E-state index in [9.17, 15) is 13.0 Å². The van der Waals surface area contributed by atoms with Crippen molar-refractivity contribution in [2.24, 2.45) is 0 Å². The van der Waals surface area contributed by atoms with E-state index in [2.05, 4.69) is 20.4 Å². The number of aryl methyl sites for hydroxylation is 3. The molecule has 0 spiro atoms. The molecule has 0 bridgehead atoms. The van der Waals surface area contributed by atoms with Gasteiger partial charge >= 0.3 is 0 Å². The number of anilines is 1. The molecule has 2 aromatic heterocycles. The minimum Gasteiger partial charge on any atom is -0.368 e. The summed E-state index contributed by atoms with van der Waals surface area (Å²) in [6.45, 7) is 5.72. The molecule has 4 aromatic rings. The molecular formula is C24H22Cl3N5O3S. The third-order valence-corrected chi connectivity index (χ3v) is 7.53. The van der Waals surface area contributed by atoms with Crippen LogP contribution in [0.1, 0.15) is 34.1 Å². The molecule has 36 heavy (non-hydrogen) atoms. The van der Waals surface area contributed by atoms with E-state index in [1.807, 2.05) is 6.92 Å². The fourth-order valence-electron chi connectivity index (χ4n) is 3.89. The highest BCUT2D eigenvalue weighted by atomic mass is 35.5. The van der Waals surface area contributed by atoms with Crippen molar-refractivity contribution >= 4 is 50.7 Å². The van der Waals surface area contributed by atoms with Crippen LogP contribution >= 0.6 is 34.8 Å². The van der Waals surface area contributed by atoms with Crippen LogP contribution in [0.4, 0.5) is 5.82 Å². The Morgan fingerprint density at radius 2 is 1.81 bits per heavy atom. The van der Waals surface area contributed by atoms with Crippen LogP contribution in [0.15, 0.2) is 53.7 Å². The summed E-state index contributed by atoms with van der Waals surface area (Å²) < 4.78 is 35.0. The Morgan fingerprint density at radius 3 is 2.50 bits per heavy atom. The summed E-state index contributed by atoms with van der Waals surface area (Å²) in [5.41, 5.74) is 3.54. The lowest BCUT2D eigenvalue weighted by molar-refractivity contribution is 0.483. The average molecular weight is 567 g/mol. The zero-order valence-electron chi connectivity index (χ0n) is 19.5. The van der Waals surface area contributed by atoms with Crippen molar-refractivity contribution in [3.8, 4) is 5.69 Å². The lowest BCUT2D eigenvalue weighted by Crippen LogP contribution is -2.17. The van der Waals surface area contributed by atoms with Gasteiger partial charge in [0, 0.05) is 23.7 Å². The van der Waals surface area contributed by atoms with Gasteiger partial charge in [0.1, 0.15) is 16.7 Å². The van der Waals surface area contributed by atoms with E-state index < -0.39 is 16.0 Å². The predicted octanol–water partition coefficient (Wildman–Crippen LogP) is 6.04. The molecule has 0 aliphatic rings. The highest BCUT2D eigenvalue weighted by molar-refractivity contribution is 7.85. The summed E-state index contributed by atoms with van der Waals surface area (Å²) in [4.78, 5) is 8.47. The molecule has 0 saturated heterocycles. The van der Waals surface area contributed by atoms with Crippen molar-refractivity contribution in [2.75, 3.05) is 11.9 Å². The van der Waals surface area contributed by atoms with Gasteiger partial charge in [-0.3, -0.25) is 4.55 Å². The van der Waals surface area contributed by atoms with Gasteiger partial charge in [0.2, 0.25) is 0 Å². The first-order chi connectivity index (χ1) is 16.9. The summed E-state index contributed by atoms with van der Waals surface area (Å²) in [6.07, 6.45) is 3.48. The fourth-order valence-corrected chi connectivity index (χ4v) is 5.05. The van der Waals surface area contributed by atoms with Crippen molar-refractivity contribution in [1.82, 2.24) is 19.7 Å². The van der Waals surface area contributed by atoms with Crippen LogP contribution in [-0.4, -0.2) is 39.3 Å². The largest absolute Gasteiger partial charge is 0.368 e. The van der Waals surface area contributed by atoms with Crippen molar-refractivity contribution in [3.63, 3.8) is 0 Å². The molecule has 0 aliphatic heterocycles. The van der Waals surface area contributed by atoms with Gasteiger partial charge in [0.05, 0.1) is 27.5 Å². The minimum absolute atomic E-state index is 0.201. The summed E-state index contributed by atoms with van der Waals surface area (Å²) >= 11 is 18.8. The van der Waals surface area contributed by atoms with Gasteiger partial charge in [-0.15, -0.1) is 0 Å². The van der Waals surface area contributed by atoms with Crippen LogP contribution in [0.3, 0.4) is 0 Å². The Labute approximate surface area is 224 Å². The number of hydrogen-bond donors (Lipinski definition) is 2. The summed E-state index contributed by atoms with van der Waals surface area (Å²) in [5.74, 6) is 0.632. The second-order valence-corrected chi connectivity index (χ2v) is 10.9. The number of hydrogen-bond acceptors (Lipinski definition) is 6. The molecule has 0 saturated carbocycles. The summed E-state index contributed by atoms with van der Waals surface area (Å²) in [7, 11) is -4.40. The molecule has 0 radical (unpaired) electrons. The Hall–Kier alpha value is -2.69. The van der Waals surface area contributed by atoms with Gasteiger partial charge in [0.15, 0.2) is 0 Å². The highest BCUT2D eigenvalue weighted by Crippen LogP contribution is 2.32. The van der Waals surface area contributed by atoms with Crippen LogP contribution in [0.2, 0.25) is 15.1 Å². The maximum absolute atomic E-state index is 11.9. The zero-order valence-corrected chi connectivity index (χ0v) is 22.6. The summed E-state index contributed by atoms with van der Waals surface area (Å²) in [5, 5.41) is 9.06. The van der Waals surface area contributed by atoms with Crippen LogP contribution in [0.25, 0.3) is 5.69 Å². The van der Waals surface area contributed by atoms with Crippen LogP contribution in [-0.2, 0) is 10.1 Å². The standard InChI is InChI=1S/C24H22Cl3N5O3S/c1-13-4-6-18(36(33,34)35)9-19(13)20(11-28-24-23(27)14(2)30-15(3)31-24)16-10-29-32(12-16)22-7-5-17(25)8-21(22)26/h4-10,12,20H,11H2,1-3H3,(H,28,30,31)(H,33,34,35).